The number of rotatable bonds is 6. The van der Waals surface area contributed by atoms with Crippen molar-refractivity contribution >= 4 is 60.4 Å². The summed E-state index contributed by atoms with van der Waals surface area (Å²) in [5, 5.41) is 57.8. The van der Waals surface area contributed by atoms with E-state index in [2.05, 4.69) is 20.5 Å². The van der Waals surface area contributed by atoms with Gasteiger partial charge in [-0.05, 0) is 36.4 Å². The molecule has 12 nitrogen and oxygen atoms in total. The first-order valence-electron chi connectivity index (χ1n) is 11.4. The highest BCUT2D eigenvalue weighted by Crippen LogP contribution is 2.41. The highest BCUT2D eigenvalue weighted by atomic mass is 32.2. The zero-order valence-electron chi connectivity index (χ0n) is 20.2. The highest BCUT2D eigenvalue weighted by molar-refractivity contribution is 7.86. The summed E-state index contributed by atoms with van der Waals surface area (Å²) in [6.07, 6.45) is 0. The van der Waals surface area contributed by atoms with Crippen LogP contribution in [-0.4, -0.2) is 39.4 Å². The fourth-order valence-corrected chi connectivity index (χ4v) is 4.83. The second-order valence-corrected chi connectivity index (χ2v) is 9.83. The molecule has 0 aromatic heterocycles. The number of hydrogen-bond donors (Lipinski definition) is 5. The van der Waals surface area contributed by atoms with Gasteiger partial charge in [-0.3, -0.25) is 4.55 Å². The first-order valence-corrected chi connectivity index (χ1v) is 12.9. The third-order valence-electron chi connectivity index (χ3n) is 6.01. The van der Waals surface area contributed by atoms with Crippen molar-refractivity contribution in [3.05, 3.63) is 84.4 Å². The number of fused-ring (bicyclic) bond motifs is 2. The molecule has 0 atom stereocenters. The minimum Gasteiger partial charge on any atom is -0.507 e. The quantitative estimate of drug-likeness (QED) is 0.109. The van der Waals surface area contributed by atoms with Gasteiger partial charge in [-0.25, -0.2) is 4.79 Å². The summed E-state index contributed by atoms with van der Waals surface area (Å²) in [7, 11) is -4.51. The SMILES string of the molecule is O=C(O)c1c(O)ccc(/N=N/c2ccc(/N=N/c3ccc4c(S(=O)(=O)O)cccc4c3O)c3ccccc23)c1O. The van der Waals surface area contributed by atoms with Crippen LogP contribution in [0.15, 0.2) is 104 Å². The number of phenols is 3. The van der Waals surface area contributed by atoms with E-state index < -0.39 is 33.1 Å². The number of aromatic hydroxyl groups is 3. The van der Waals surface area contributed by atoms with Crippen LogP contribution in [0.5, 0.6) is 17.2 Å². The Hall–Kier alpha value is -5.40. The molecule has 0 aliphatic heterocycles. The van der Waals surface area contributed by atoms with Crippen molar-refractivity contribution in [2.45, 2.75) is 4.90 Å². The Labute approximate surface area is 225 Å². The molecule has 0 radical (unpaired) electrons. The molecular formula is C27H18N4O8S. The molecule has 13 heteroatoms. The van der Waals surface area contributed by atoms with E-state index in [1.807, 2.05) is 0 Å². The van der Waals surface area contributed by atoms with Gasteiger partial charge in [0.15, 0.2) is 11.5 Å². The van der Waals surface area contributed by atoms with Gasteiger partial charge in [0, 0.05) is 21.5 Å². The van der Waals surface area contributed by atoms with E-state index in [1.165, 1.54) is 36.4 Å². The van der Waals surface area contributed by atoms with Crippen LogP contribution >= 0.6 is 0 Å². The lowest BCUT2D eigenvalue weighted by molar-refractivity contribution is 0.0690. The molecule has 5 aromatic rings. The summed E-state index contributed by atoms with van der Waals surface area (Å²) in [6, 6.07) is 19.4. The topological polar surface area (TPSA) is 202 Å². The van der Waals surface area contributed by atoms with E-state index in [1.54, 1.807) is 36.4 Å². The van der Waals surface area contributed by atoms with Crippen molar-refractivity contribution < 1.29 is 38.2 Å². The number of azo groups is 2. The summed E-state index contributed by atoms with van der Waals surface area (Å²) < 4.78 is 32.8. The molecule has 0 spiro atoms. The van der Waals surface area contributed by atoms with Gasteiger partial charge < -0.3 is 20.4 Å². The number of phenolic OH excluding ortho intramolecular Hbond substituents is 1. The van der Waals surface area contributed by atoms with Gasteiger partial charge in [0.1, 0.15) is 27.6 Å². The monoisotopic (exact) mass is 558 g/mol. The van der Waals surface area contributed by atoms with Gasteiger partial charge in [-0.1, -0.05) is 42.5 Å². The van der Waals surface area contributed by atoms with Crippen molar-refractivity contribution in [2.24, 2.45) is 20.5 Å². The van der Waals surface area contributed by atoms with E-state index in [9.17, 15) is 38.2 Å². The largest absolute Gasteiger partial charge is 0.507 e. The molecule has 40 heavy (non-hydrogen) atoms. The van der Waals surface area contributed by atoms with Crippen LogP contribution in [0.2, 0.25) is 0 Å². The third kappa shape index (κ3) is 4.77. The summed E-state index contributed by atoms with van der Waals surface area (Å²) in [6.45, 7) is 0. The number of carboxylic acid groups (broad SMARTS) is 1. The summed E-state index contributed by atoms with van der Waals surface area (Å²) in [5.41, 5.74) is -0.0216. The molecule has 0 fully saturated rings. The molecule has 5 aromatic carbocycles. The number of aromatic carboxylic acids is 1. The third-order valence-corrected chi connectivity index (χ3v) is 6.92. The predicted molar refractivity (Wildman–Crippen MR) is 144 cm³/mol. The minimum absolute atomic E-state index is 0.0601. The number of nitrogens with zero attached hydrogens (tertiary/aromatic N) is 4. The van der Waals surface area contributed by atoms with Crippen LogP contribution in [0.3, 0.4) is 0 Å². The van der Waals surface area contributed by atoms with Crippen LogP contribution in [-0.2, 0) is 10.1 Å². The molecule has 0 aliphatic rings. The second-order valence-electron chi connectivity index (χ2n) is 8.44. The molecule has 200 valence electrons. The molecule has 0 heterocycles. The summed E-state index contributed by atoms with van der Waals surface area (Å²) >= 11 is 0. The maximum Gasteiger partial charge on any atom is 0.343 e. The van der Waals surface area contributed by atoms with Gasteiger partial charge in [0.25, 0.3) is 10.1 Å². The van der Waals surface area contributed by atoms with Gasteiger partial charge in [0.2, 0.25) is 0 Å². The van der Waals surface area contributed by atoms with E-state index >= 15 is 0 Å². The number of carboxylic acids is 1. The smallest absolute Gasteiger partial charge is 0.343 e. The maximum absolute atomic E-state index is 11.7. The maximum atomic E-state index is 11.7. The van der Waals surface area contributed by atoms with Crippen LogP contribution < -0.4 is 0 Å². The Balaban J connectivity index is 1.53. The average Bonchev–Trinajstić information content (AvgIpc) is 2.92. The first kappa shape index (κ1) is 26.2. The first-order chi connectivity index (χ1) is 19.1. The lowest BCUT2D eigenvalue weighted by Gasteiger charge is -2.08. The molecule has 0 saturated carbocycles. The second kappa shape index (κ2) is 10.1. The number of hydrogen-bond acceptors (Lipinski definition) is 10. The lowest BCUT2D eigenvalue weighted by atomic mass is 10.1. The molecular weight excluding hydrogens is 540 g/mol. The van der Waals surface area contributed by atoms with Gasteiger partial charge in [-0.15, -0.1) is 20.5 Å². The van der Waals surface area contributed by atoms with Crippen molar-refractivity contribution in [1.29, 1.82) is 0 Å². The molecule has 0 unspecified atom stereocenters. The minimum atomic E-state index is -4.51. The summed E-state index contributed by atoms with van der Waals surface area (Å²) in [4.78, 5) is 11.0. The van der Waals surface area contributed by atoms with Crippen molar-refractivity contribution in [1.82, 2.24) is 0 Å². The van der Waals surface area contributed by atoms with Crippen molar-refractivity contribution in [2.75, 3.05) is 0 Å². The lowest BCUT2D eigenvalue weighted by Crippen LogP contribution is -1.98. The number of benzene rings is 5. The molecule has 0 aliphatic carbocycles. The van der Waals surface area contributed by atoms with Crippen LogP contribution in [0.4, 0.5) is 22.7 Å². The molecule has 0 bridgehead atoms. The normalized spacial score (nSPS) is 12.1. The molecule has 5 rings (SSSR count). The average molecular weight is 559 g/mol. The van der Waals surface area contributed by atoms with E-state index in [-0.39, 0.29) is 32.8 Å². The number of carbonyl (C=O) groups is 1. The Kier molecular flexibility index (Phi) is 6.59. The molecule has 0 saturated heterocycles. The van der Waals surface area contributed by atoms with Gasteiger partial charge in [-0.2, -0.15) is 8.42 Å². The van der Waals surface area contributed by atoms with E-state index in [0.29, 0.717) is 22.1 Å². The standard InChI is InChI=1S/C27H18N4O8S/c32-22-13-12-21(26(34)24(22)27(35)36)31-29-19-11-10-18(14-4-1-2-5-15(14)19)28-30-20-9-8-16-17(25(20)33)6-3-7-23(16)40(37,38)39/h1-13,32-34H,(H,35,36)(H,37,38,39)/b30-28+,31-29+. The molecule has 0 amide bonds. The zero-order valence-corrected chi connectivity index (χ0v) is 21.0. The Bertz CT molecular complexity index is 2010. The molecule has 5 N–H and O–H groups in total. The van der Waals surface area contributed by atoms with Gasteiger partial charge >= 0.3 is 5.97 Å². The Morgan fingerprint density at radius 2 is 1.07 bits per heavy atom. The van der Waals surface area contributed by atoms with Crippen LogP contribution in [0.25, 0.3) is 21.5 Å². The van der Waals surface area contributed by atoms with Crippen molar-refractivity contribution in [3.8, 4) is 17.2 Å². The fraction of sp³-hybridized carbons (Fsp3) is 0. The zero-order chi connectivity index (χ0) is 28.6. The van der Waals surface area contributed by atoms with Gasteiger partial charge in [0.05, 0.1) is 11.4 Å². The highest BCUT2D eigenvalue weighted by Gasteiger charge is 2.19. The van der Waals surface area contributed by atoms with Crippen LogP contribution in [0, 0.1) is 0 Å². The van der Waals surface area contributed by atoms with E-state index in [0.717, 1.165) is 6.07 Å². The predicted octanol–water partition coefficient (Wildman–Crippen LogP) is 6.89. The van der Waals surface area contributed by atoms with Crippen molar-refractivity contribution in [3.63, 3.8) is 0 Å². The fourth-order valence-electron chi connectivity index (χ4n) is 4.13. The Morgan fingerprint density at radius 1 is 0.575 bits per heavy atom. The summed E-state index contributed by atoms with van der Waals surface area (Å²) in [5.74, 6) is -3.19. The Morgan fingerprint density at radius 3 is 1.65 bits per heavy atom. The van der Waals surface area contributed by atoms with Crippen LogP contribution in [0.1, 0.15) is 10.4 Å². The van der Waals surface area contributed by atoms with E-state index in [4.69, 9.17) is 0 Å².